The van der Waals surface area contributed by atoms with Crippen molar-refractivity contribution in [1.82, 2.24) is 10.2 Å². The lowest BCUT2D eigenvalue weighted by molar-refractivity contribution is -0.121. The molecule has 1 amide bonds. The molecule has 0 radical (unpaired) electrons. The summed E-state index contributed by atoms with van der Waals surface area (Å²) in [6, 6.07) is 10.8. The van der Waals surface area contributed by atoms with E-state index in [9.17, 15) is 9.59 Å². The third-order valence-electron chi connectivity index (χ3n) is 4.76. The highest BCUT2D eigenvalue weighted by atomic mass is 16.5. The van der Waals surface area contributed by atoms with Gasteiger partial charge in [-0.2, -0.15) is 0 Å². The van der Waals surface area contributed by atoms with Crippen LogP contribution in [0.5, 0.6) is 5.75 Å². The Morgan fingerprint density at radius 1 is 1.10 bits per heavy atom. The van der Waals surface area contributed by atoms with E-state index in [0.29, 0.717) is 18.7 Å². The Labute approximate surface area is 173 Å². The van der Waals surface area contributed by atoms with Crippen molar-refractivity contribution in [1.29, 1.82) is 0 Å². The van der Waals surface area contributed by atoms with Gasteiger partial charge >= 0.3 is 0 Å². The molecular formula is C23H32N2O4. The molecule has 0 saturated heterocycles. The Bertz CT molecular complexity index is 739. The molecule has 1 aromatic carbocycles. The molecule has 0 aliphatic carbocycles. The summed E-state index contributed by atoms with van der Waals surface area (Å²) >= 11 is 0. The molecule has 0 fully saturated rings. The normalized spacial score (nSPS) is 12.0. The van der Waals surface area contributed by atoms with Crippen molar-refractivity contribution < 1.29 is 18.7 Å². The zero-order valence-corrected chi connectivity index (χ0v) is 17.6. The number of hydrogen-bond acceptors (Lipinski definition) is 5. The number of likely N-dealkylation sites (N-methyl/N-ethyl adjacent to an activating group) is 1. The topological polar surface area (TPSA) is 71.8 Å². The van der Waals surface area contributed by atoms with Crippen molar-refractivity contribution in [3.8, 4) is 5.75 Å². The first-order chi connectivity index (χ1) is 14.0. The maximum Gasteiger partial charge on any atom is 0.220 e. The van der Waals surface area contributed by atoms with Gasteiger partial charge in [0.1, 0.15) is 11.5 Å². The smallest absolute Gasteiger partial charge is 0.220 e. The number of nitrogens with one attached hydrogen (secondary N) is 1. The molecule has 1 atom stereocenters. The number of carbonyl (C=O) groups excluding carboxylic acids is 2. The number of unbranched alkanes of at least 4 members (excludes halogenated alkanes) is 2. The fraction of sp³-hybridized carbons (Fsp3) is 0.478. The molecule has 0 aliphatic heterocycles. The van der Waals surface area contributed by atoms with Gasteiger partial charge in [-0.3, -0.25) is 14.5 Å². The minimum atomic E-state index is -0.146. The first kappa shape index (κ1) is 22.7. The Morgan fingerprint density at radius 3 is 2.48 bits per heavy atom. The predicted molar refractivity (Wildman–Crippen MR) is 113 cm³/mol. The third-order valence-corrected chi connectivity index (χ3v) is 4.76. The summed E-state index contributed by atoms with van der Waals surface area (Å²) in [6.07, 6.45) is 5.29. The van der Waals surface area contributed by atoms with Crippen molar-refractivity contribution in [2.75, 3.05) is 27.2 Å². The molecule has 0 spiro atoms. The van der Waals surface area contributed by atoms with Crippen LogP contribution in [-0.2, 0) is 4.79 Å². The van der Waals surface area contributed by atoms with E-state index in [1.165, 1.54) is 0 Å². The number of nitrogens with zero attached hydrogens (tertiary/aromatic N) is 1. The van der Waals surface area contributed by atoms with Crippen LogP contribution in [0, 0.1) is 0 Å². The molecule has 1 N–H and O–H groups in total. The molecule has 0 saturated carbocycles. The average Bonchev–Trinajstić information content (AvgIpc) is 3.24. The molecule has 1 heterocycles. The van der Waals surface area contributed by atoms with Gasteiger partial charge in [-0.25, -0.2) is 0 Å². The Kier molecular flexibility index (Phi) is 9.44. The van der Waals surface area contributed by atoms with Gasteiger partial charge in [-0.1, -0.05) is 19.8 Å². The minimum absolute atomic E-state index is 0.0467. The molecule has 1 unspecified atom stereocenters. The fourth-order valence-electron chi connectivity index (χ4n) is 2.97. The zero-order chi connectivity index (χ0) is 21.1. The average molecular weight is 401 g/mol. The van der Waals surface area contributed by atoms with E-state index in [0.717, 1.165) is 30.8 Å². The largest absolute Gasteiger partial charge is 0.494 e. The summed E-state index contributed by atoms with van der Waals surface area (Å²) < 4.78 is 11.1. The third kappa shape index (κ3) is 7.74. The van der Waals surface area contributed by atoms with Crippen molar-refractivity contribution in [2.45, 2.75) is 45.1 Å². The number of Topliss-reactive ketones (excluding diaryl/α,β-unsaturated/α-hetero) is 1. The highest BCUT2D eigenvalue weighted by Gasteiger charge is 2.18. The first-order valence-electron chi connectivity index (χ1n) is 10.2. The number of hydrogen-bond donors (Lipinski definition) is 1. The Hall–Kier alpha value is -2.60. The molecule has 0 bridgehead atoms. The number of amides is 1. The van der Waals surface area contributed by atoms with Crippen molar-refractivity contribution in [2.24, 2.45) is 0 Å². The van der Waals surface area contributed by atoms with E-state index in [-0.39, 0.29) is 30.6 Å². The van der Waals surface area contributed by atoms with Gasteiger partial charge in [0.25, 0.3) is 0 Å². The summed E-state index contributed by atoms with van der Waals surface area (Å²) in [6.45, 7) is 3.27. The maximum absolute atomic E-state index is 12.3. The lowest BCUT2D eigenvalue weighted by Crippen LogP contribution is -2.34. The van der Waals surface area contributed by atoms with Crippen molar-refractivity contribution in [3.63, 3.8) is 0 Å². The number of ether oxygens (including phenoxy) is 1. The number of rotatable bonds is 13. The van der Waals surface area contributed by atoms with Crippen LogP contribution < -0.4 is 10.1 Å². The summed E-state index contributed by atoms with van der Waals surface area (Å²) in [5, 5.41) is 2.89. The number of carbonyl (C=O) groups is 2. The molecule has 0 aliphatic rings. The number of benzene rings is 1. The second-order valence-electron chi connectivity index (χ2n) is 7.30. The van der Waals surface area contributed by atoms with Crippen LogP contribution in [0.25, 0.3) is 0 Å². The second kappa shape index (κ2) is 12.1. The molecule has 6 nitrogen and oxygen atoms in total. The maximum atomic E-state index is 12.3. The van der Waals surface area contributed by atoms with E-state index in [4.69, 9.17) is 9.15 Å². The van der Waals surface area contributed by atoms with E-state index >= 15 is 0 Å². The molecular weight excluding hydrogens is 368 g/mol. The molecule has 1 aromatic heterocycles. The first-order valence-corrected chi connectivity index (χ1v) is 10.2. The van der Waals surface area contributed by atoms with Crippen LogP contribution in [0.15, 0.2) is 47.1 Å². The highest BCUT2D eigenvalue weighted by Crippen LogP contribution is 2.18. The van der Waals surface area contributed by atoms with E-state index < -0.39 is 0 Å². The highest BCUT2D eigenvalue weighted by molar-refractivity contribution is 5.98. The van der Waals surface area contributed by atoms with Crippen LogP contribution in [0.3, 0.4) is 0 Å². The summed E-state index contributed by atoms with van der Waals surface area (Å²) in [5.41, 5.74) is 0.598. The van der Waals surface area contributed by atoms with Crippen LogP contribution in [0.1, 0.15) is 61.2 Å². The van der Waals surface area contributed by atoms with Crippen molar-refractivity contribution in [3.05, 3.63) is 54.0 Å². The summed E-state index contributed by atoms with van der Waals surface area (Å²) in [5.74, 6) is 1.37. The van der Waals surface area contributed by atoms with E-state index in [2.05, 4.69) is 12.2 Å². The minimum Gasteiger partial charge on any atom is -0.494 e. The lowest BCUT2D eigenvalue weighted by Gasteiger charge is -2.22. The fourth-order valence-corrected chi connectivity index (χ4v) is 2.97. The van der Waals surface area contributed by atoms with Crippen LogP contribution in [-0.4, -0.2) is 43.8 Å². The second-order valence-corrected chi connectivity index (χ2v) is 7.30. The van der Waals surface area contributed by atoms with E-state index in [1.54, 1.807) is 18.4 Å². The summed E-state index contributed by atoms with van der Waals surface area (Å²) in [7, 11) is 3.86. The molecule has 2 rings (SSSR count). The van der Waals surface area contributed by atoms with Gasteiger partial charge in [0.15, 0.2) is 5.78 Å². The van der Waals surface area contributed by atoms with E-state index in [1.807, 2.05) is 43.3 Å². The zero-order valence-electron chi connectivity index (χ0n) is 17.6. The Morgan fingerprint density at radius 2 is 1.86 bits per heavy atom. The monoisotopic (exact) mass is 400 g/mol. The SMILES string of the molecule is CCCCCOc1ccc(C(=O)CCC(=O)NCC(c2ccco2)N(C)C)cc1. The number of furan rings is 1. The standard InChI is InChI=1S/C23H32N2O4/c1-4-5-6-15-28-19-11-9-18(10-12-19)21(26)13-14-23(27)24-17-20(25(2)3)22-8-7-16-29-22/h7-12,16,20H,4-6,13-15,17H2,1-3H3,(H,24,27). The van der Waals surface area contributed by atoms with Gasteiger partial charge in [0, 0.05) is 24.9 Å². The number of ketones is 1. The van der Waals surface area contributed by atoms with Gasteiger partial charge in [-0.15, -0.1) is 0 Å². The van der Waals surface area contributed by atoms with Gasteiger partial charge in [0.2, 0.25) is 5.91 Å². The molecule has 2 aromatic rings. The van der Waals surface area contributed by atoms with Crippen LogP contribution in [0.2, 0.25) is 0 Å². The van der Waals surface area contributed by atoms with Gasteiger partial charge in [-0.05, 0) is 56.9 Å². The predicted octanol–water partition coefficient (Wildman–Crippen LogP) is 4.23. The van der Waals surface area contributed by atoms with Crippen LogP contribution >= 0.6 is 0 Å². The molecule has 29 heavy (non-hydrogen) atoms. The van der Waals surface area contributed by atoms with Crippen LogP contribution in [0.4, 0.5) is 0 Å². The molecule has 158 valence electrons. The van der Waals surface area contributed by atoms with Crippen molar-refractivity contribution >= 4 is 11.7 Å². The summed E-state index contributed by atoms with van der Waals surface area (Å²) in [4.78, 5) is 26.5. The van der Waals surface area contributed by atoms with Gasteiger partial charge < -0.3 is 14.5 Å². The van der Waals surface area contributed by atoms with Gasteiger partial charge in [0.05, 0.1) is 18.9 Å². The quantitative estimate of drug-likeness (QED) is 0.402. The Balaban J connectivity index is 1.74. The molecule has 6 heteroatoms. The lowest BCUT2D eigenvalue weighted by atomic mass is 10.1.